The van der Waals surface area contributed by atoms with Crippen LogP contribution in [0.25, 0.3) is 5.65 Å². The standard InChI is InChI=1S/C29H36F3N5O6/c1-7-40-27(38)20-12-33-37-14-23-26(35-25(20)37)36(21(15-41-23)24(31)32)13-18-11-19(30)8-9-22(18)42-17(3)10-16(2)34-28(39)43-29(4,5)6/h8-9,11-12,14,16-17,21,24H,7,10,13,15H2,1-6H3,(H,34,39)/t16-,17+,21-/m0/s1. The van der Waals surface area contributed by atoms with Crippen molar-refractivity contribution in [3.8, 4) is 11.5 Å². The molecule has 1 aliphatic heterocycles. The van der Waals surface area contributed by atoms with Crippen LogP contribution >= 0.6 is 0 Å². The number of alkyl halides is 2. The van der Waals surface area contributed by atoms with E-state index < -0.39 is 42.1 Å². The van der Waals surface area contributed by atoms with Crippen LogP contribution in [-0.2, 0) is 16.0 Å². The van der Waals surface area contributed by atoms with Gasteiger partial charge in [0.2, 0.25) is 0 Å². The molecule has 0 saturated heterocycles. The first kappa shape index (κ1) is 31.7. The molecule has 11 nitrogen and oxygen atoms in total. The third kappa shape index (κ3) is 7.79. The number of amides is 1. The first-order valence-electron chi connectivity index (χ1n) is 13.9. The Hall–Kier alpha value is -4.23. The van der Waals surface area contributed by atoms with Gasteiger partial charge in [0.1, 0.15) is 35.4 Å². The minimum Gasteiger partial charge on any atom is -0.490 e. The number of esters is 1. The molecule has 0 radical (unpaired) electrons. The van der Waals surface area contributed by atoms with Crippen LogP contribution in [0.4, 0.5) is 23.8 Å². The van der Waals surface area contributed by atoms with Crippen molar-refractivity contribution < 1.29 is 41.7 Å². The lowest BCUT2D eigenvalue weighted by Gasteiger charge is -2.37. The molecule has 0 bridgehead atoms. The van der Waals surface area contributed by atoms with E-state index in [0.717, 1.165) is 0 Å². The first-order chi connectivity index (χ1) is 20.3. The van der Waals surface area contributed by atoms with Gasteiger partial charge in [-0.05, 0) is 59.7 Å². The van der Waals surface area contributed by atoms with Crippen molar-refractivity contribution in [2.24, 2.45) is 0 Å². The highest BCUT2D eigenvalue weighted by Crippen LogP contribution is 2.37. The molecule has 0 fully saturated rings. The molecule has 234 valence electrons. The van der Waals surface area contributed by atoms with Crippen molar-refractivity contribution in [2.45, 2.75) is 84.7 Å². The fourth-order valence-electron chi connectivity index (χ4n) is 4.67. The molecule has 3 heterocycles. The van der Waals surface area contributed by atoms with Crippen molar-refractivity contribution in [1.29, 1.82) is 0 Å². The Morgan fingerprint density at radius 3 is 2.65 bits per heavy atom. The van der Waals surface area contributed by atoms with E-state index in [2.05, 4.69) is 15.4 Å². The lowest BCUT2D eigenvalue weighted by molar-refractivity contribution is 0.0492. The van der Waals surface area contributed by atoms with Gasteiger partial charge in [-0.15, -0.1) is 0 Å². The number of halogens is 3. The van der Waals surface area contributed by atoms with Gasteiger partial charge in [0.25, 0.3) is 6.43 Å². The van der Waals surface area contributed by atoms with E-state index in [4.69, 9.17) is 18.9 Å². The lowest BCUT2D eigenvalue weighted by atomic mass is 10.1. The highest BCUT2D eigenvalue weighted by atomic mass is 19.3. The second-order valence-electron chi connectivity index (χ2n) is 11.3. The molecule has 1 N–H and O–H groups in total. The average Bonchev–Trinajstić information content (AvgIpc) is 3.30. The van der Waals surface area contributed by atoms with Gasteiger partial charge >= 0.3 is 12.1 Å². The summed E-state index contributed by atoms with van der Waals surface area (Å²) in [7, 11) is 0. The summed E-state index contributed by atoms with van der Waals surface area (Å²) in [5.74, 6) is -0.771. The number of fused-ring (bicyclic) bond motifs is 2. The van der Waals surface area contributed by atoms with Gasteiger partial charge in [-0.3, -0.25) is 0 Å². The molecule has 0 saturated carbocycles. The Morgan fingerprint density at radius 1 is 1.23 bits per heavy atom. The van der Waals surface area contributed by atoms with E-state index in [-0.39, 0.29) is 54.3 Å². The second-order valence-corrected chi connectivity index (χ2v) is 11.3. The zero-order chi connectivity index (χ0) is 31.5. The number of rotatable bonds is 10. The number of hydrogen-bond donors (Lipinski definition) is 1. The van der Waals surface area contributed by atoms with Crippen LogP contribution in [0.15, 0.2) is 30.6 Å². The summed E-state index contributed by atoms with van der Waals surface area (Å²) < 4.78 is 66.4. The maximum absolute atomic E-state index is 14.5. The summed E-state index contributed by atoms with van der Waals surface area (Å²) in [4.78, 5) is 30.4. The highest BCUT2D eigenvalue weighted by Gasteiger charge is 2.37. The molecule has 1 amide bonds. The van der Waals surface area contributed by atoms with E-state index in [9.17, 15) is 22.8 Å². The summed E-state index contributed by atoms with van der Waals surface area (Å²) in [6, 6.07) is 2.11. The number of aromatic nitrogens is 3. The van der Waals surface area contributed by atoms with Crippen LogP contribution in [0.2, 0.25) is 0 Å². The normalized spacial score (nSPS) is 16.3. The van der Waals surface area contributed by atoms with E-state index in [1.165, 1.54) is 40.0 Å². The van der Waals surface area contributed by atoms with Gasteiger partial charge in [0, 0.05) is 24.6 Å². The van der Waals surface area contributed by atoms with E-state index in [0.29, 0.717) is 12.0 Å². The number of carbonyl (C=O) groups excluding carboxylic acids is 2. The van der Waals surface area contributed by atoms with Gasteiger partial charge in [-0.2, -0.15) is 5.10 Å². The second kappa shape index (κ2) is 13.0. The molecule has 0 unspecified atom stereocenters. The third-order valence-electron chi connectivity index (χ3n) is 6.45. The van der Waals surface area contributed by atoms with Crippen molar-refractivity contribution in [1.82, 2.24) is 19.9 Å². The number of nitrogens with zero attached hydrogens (tertiary/aromatic N) is 4. The molecule has 14 heteroatoms. The topological polar surface area (TPSA) is 117 Å². The molecule has 2 aromatic heterocycles. The largest absolute Gasteiger partial charge is 0.490 e. The Kier molecular flexibility index (Phi) is 9.55. The fourth-order valence-corrected chi connectivity index (χ4v) is 4.67. The Balaban J connectivity index is 1.60. The molecular formula is C29H36F3N5O6. The molecule has 4 rings (SSSR count). The van der Waals surface area contributed by atoms with Crippen LogP contribution in [0, 0.1) is 5.82 Å². The Morgan fingerprint density at radius 2 is 1.98 bits per heavy atom. The zero-order valence-corrected chi connectivity index (χ0v) is 24.9. The van der Waals surface area contributed by atoms with Crippen molar-refractivity contribution in [3.63, 3.8) is 0 Å². The fraction of sp³-hybridized carbons (Fsp3) is 0.517. The van der Waals surface area contributed by atoms with Gasteiger partial charge in [-0.25, -0.2) is 32.3 Å². The SMILES string of the molecule is CCOC(=O)c1cnn2cc3c(nc12)N(Cc1cc(F)ccc1O[C@H](C)C[C@H](C)NC(=O)OC(C)(C)C)[C@H](C(F)F)CO3. The van der Waals surface area contributed by atoms with Crippen LogP contribution in [0.3, 0.4) is 0 Å². The first-order valence-corrected chi connectivity index (χ1v) is 13.9. The van der Waals surface area contributed by atoms with Crippen molar-refractivity contribution in [2.75, 3.05) is 18.1 Å². The number of ether oxygens (including phenoxy) is 4. The van der Waals surface area contributed by atoms with Crippen molar-refractivity contribution >= 4 is 23.5 Å². The maximum Gasteiger partial charge on any atom is 0.407 e. The van der Waals surface area contributed by atoms with E-state index >= 15 is 0 Å². The van der Waals surface area contributed by atoms with Crippen LogP contribution in [0.1, 0.15) is 63.9 Å². The summed E-state index contributed by atoms with van der Waals surface area (Å²) in [5.41, 5.74) is -0.209. The van der Waals surface area contributed by atoms with Crippen molar-refractivity contribution in [3.05, 3.63) is 47.5 Å². The Labute approximate surface area is 247 Å². The molecule has 0 aliphatic carbocycles. The zero-order valence-electron chi connectivity index (χ0n) is 24.9. The third-order valence-corrected chi connectivity index (χ3v) is 6.45. The molecular weight excluding hydrogens is 571 g/mol. The van der Waals surface area contributed by atoms with Gasteiger partial charge in [0.15, 0.2) is 17.2 Å². The molecule has 1 aliphatic rings. The minimum atomic E-state index is -2.84. The number of alkyl carbamates (subject to hydrolysis) is 1. The predicted molar refractivity (Wildman–Crippen MR) is 150 cm³/mol. The highest BCUT2D eigenvalue weighted by molar-refractivity contribution is 5.96. The average molecular weight is 608 g/mol. The maximum atomic E-state index is 14.5. The molecule has 3 atom stereocenters. The molecule has 43 heavy (non-hydrogen) atoms. The van der Waals surface area contributed by atoms with Crippen LogP contribution < -0.4 is 19.7 Å². The van der Waals surface area contributed by atoms with Crippen LogP contribution in [-0.4, -0.2) is 70.1 Å². The number of anilines is 1. The molecule has 0 spiro atoms. The monoisotopic (exact) mass is 607 g/mol. The van der Waals surface area contributed by atoms with Gasteiger partial charge < -0.3 is 29.2 Å². The summed E-state index contributed by atoms with van der Waals surface area (Å²) in [5, 5.41) is 6.86. The minimum absolute atomic E-state index is 0.0357. The number of carbonyl (C=O) groups is 2. The van der Waals surface area contributed by atoms with Gasteiger partial charge in [0.05, 0.1) is 25.1 Å². The molecule has 3 aromatic rings. The summed E-state index contributed by atoms with van der Waals surface area (Å²) >= 11 is 0. The van der Waals surface area contributed by atoms with Crippen LogP contribution in [0.5, 0.6) is 11.5 Å². The lowest BCUT2D eigenvalue weighted by Crippen LogP contribution is -2.47. The number of nitrogens with one attached hydrogen (secondary N) is 1. The predicted octanol–water partition coefficient (Wildman–Crippen LogP) is 5.15. The summed E-state index contributed by atoms with van der Waals surface area (Å²) in [6.07, 6.45) is -0.748. The number of benzene rings is 1. The van der Waals surface area contributed by atoms with Gasteiger partial charge in [-0.1, -0.05) is 0 Å². The van der Waals surface area contributed by atoms with E-state index in [1.807, 2.05) is 0 Å². The molecule has 1 aromatic carbocycles. The smallest absolute Gasteiger partial charge is 0.407 e. The van der Waals surface area contributed by atoms with E-state index in [1.54, 1.807) is 41.5 Å². The quantitative estimate of drug-likeness (QED) is 0.313. The number of hydrogen-bond acceptors (Lipinski definition) is 9. The summed E-state index contributed by atoms with van der Waals surface area (Å²) in [6.45, 7) is 10.1. The Bertz CT molecular complexity index is 1460.